The summed E-state index contributed by atoms with van der Waals surface area (Å²) >= 11 is 0. The number of ether oxygens (including phenoxy) is 2. The predicted molar refractivity (Wildman–Crippen MR) is 139 cm³/mol. The van der Waals surface area contributed by atoms with Gasteiger partial charge in [-0.3, -0.25) is 14.4 Å². The van der Waals surface area contributed by atoms with Crippen molar-refractivity contribution in [2.45, 2.75) is 31.7 Å². The SMILES string of the molecule is N#Cc1ccc(C(=O)NC[C@H]2CC[C@H](N(C=O)CC(=O)c3ccc(OCC(=O)O)c(OCC(=O)O)c3)CC2)cc1. The van der Waals surface area contributed by atoms with Crippen LogP contribution in [0.15, 0.2) is 42.5 Å². The second kappa shape index (κ2) is 14.3. The highest BCUT2D eigenvalue weighted by Crippen LogP contribution is 2.30. The first-order valence-corrected chi connectivity index (χ1v) is 12.6. The number of nitriles is 1. The molecule has 12 nitrogen and oxygen atoms in total. The van der Waals surface area contributed by atoms with Crippen LogP contribution in [0.2, 0.25) is 0 Å². The van der Waals surface area contributed by atoms with Crippen LogP contribution in [0.3, 0.4) is 0 Å². The lowest BCUT2D eigenvalue weighted by Gasteiger charge is -2.34. The van der Waals surface area contributed by atoms with Gasteiger partial charge in [0.2, 0.25) is 6.41 Å². The van der Waals surface area contributed by atoms with Gasteiger partial charge in [-0.2, -0.15) is 5.26 Å². The Morgan fingerprint density at radius 1 is 0.925 bits per heavy atom. The standard InChI is InChI=1S/C28H29N3O9/c29-12-18-1-5-20(6-2-18)28(38)30-13-19-3-8-22(9-4-19)31(17-32)14-23(33)21-7-10-24(39-15-26(34)35)25(11-21)40-16-27(36)37/h1-2,5-7,10-11,17,19,22H,3-4,8-9,13-16H2,(H,30,38)(H,34,35)(H,36,37)/t19-,22-. The van der Waals surface area contributed by atoms with E-state index in [0.29, 0.717) is 36.9 Å². The van der Waals surface area contributed by atoms with Gasteiger partial charge in [0.15, 0.2) is 30.5 Å². The molecule has 2 aromatic carbocycles. The summed E-state index contributed by atoms with van der Waals surface area (Å²) in [5.74, 6) is -3.05. The Morgan fingerprint density at radius 3 is 2.10 bits per heavy atom. The zero-order valence-corrected chi connectivity index (χ0v) is 21.6. The maximum absolute atomic E-state index is 13.0. The number of benzene rings is 2. The van der Waals surface area contributed by atoms with Crippen LogP contribution in [0, 0.1) is 17.2 Å². The van der Waals surface area contributed by atoms with Crippen molar-refractivity contribution in [3.05, 3.63) is 59.2 Å². The molecule has 40 heavy (non-hydrogen) atoms. The molecule has 12 heteroatoms. The number of rotatable bonds is 14. The molecule has 0 aromatic heterocycles. The molecule has 2 amide bonds. The number of hydrogen-bond donors (Lipinski definition) is 3. The Morgan fingerprint density at radius 2 is 1.52 bits per heavy atom. The topological polar surface area (TPSA) is 183 Å². The third-order valence-electron chi connectivity index (χ3n) is 6.54. The van der Waals surface area contributed by atoms with E-state index in [9.17, 15) is 24.0 Å². The van der Waals surface area contributed by atoms with E-state index in [0.717, 1.165) is 12.8 Å². The van der Waals surface area contributed by atoms with Crippen LogP contribution in [0.25, 0.3) is 0 Å². The molecular weight excluding hydrogens is 522 g/mol. The molecule has 2 aromatic rings. The number of amides is 2. The van der Waals surface area contributed by atoms with Crippen molar-refractivity contribution < 1.29 is 43.7 Å². The minimum absolute atomic E-state index is 0.0305. The lowest BCUT2D eigenvalue weighted by Crippen LogP contribution is -2.41. The van der Waals surface area contributed by atoms with Crippen LogP contribution in [0.4, 0.5) is 0 Å². The zero-order chi connectivity index (χ0) is 29.1. The van der Waals surface area contributed by atoms with Crippen molar-refractivity contribution in [1.29, 1.82) is 5.26 Å². The average molecular weight is 552 g/mol. The number of aliphatic carboxylic acids is 2. The van der Waals surface area contributed by atoms with Gasteiger partial charge < -0.3 is 29.9 Å². The van der Waals surface area contributed by atoms with E-state index >= 15 is 0 Å². The largest absolute Gasteiger partial charge is 0.479 e. The smallest absolute Gasteiger partial charge is 0.341 e. The van der Waals surface area contributed by atoms with Crippen molar-refractivity contribution in [1.82, 2.24) is 10.2 Å². The highest BCUT2D eigenvalue weighted by atomic mass is 16.5. The number of carboxylic acids is 2. The maximum Gasteiger partial charge on any atom is 0.341 e. The number of carbonyl (C=O) groups is 5. The number of Topliss-reactive ketones (excluding diaryl/α,β-unsaturated/α-hetero) is 1. The Kier molecular flexibility index (Phi) is 10.6. The first kappa shape index (κ1) is 29.6. The van der Waals surface area contributed by atoms with Crippen molar-refractivity contribution >= 4 is 30.0 Å². The predicted octanol–water partition coefficient (Wildman–Crippen LogP) is 2.11. The summed E-state index contributed by atoms with van der Waals surface area (Å²) in [4.78, 5) is 60.4. The molecule has 0 unspecified atom stereocenters. The third kappa shape index (κ3) is 8.56. The molecule has 0 saturated heterocycles. The van der Waals surface area contributed by atoms with Gasteiger partial charge in [-0.15, -0.1) is 0 Å². The van der Waals surface area contributed by atoms with Crippen LogP contribution in [-0.2, 0) is 14.4 Å². The summed E-state index contributed by atoms with van der Waals surface area (Å²) < 4.78 is 10.3. The first-order chi connectivity index (χ1) is 19.2. The molecule has 0 radical (unpaired) electrons. The lowest BCUT2D eigenvalue weighted by atomic mass is 9.85. The van der Waals surface area contributed by atoms with E-state index in [1.807, 2.05) is 6.07 Å². The van der Waals surface area contributed by atoms with Crippen molar-refractivity contribution in [2.24, 2.45) is 5.92 Å². The Balaban J connectivity index is 1.54. The molecule has 0 aliphatic heterocycles. The highest BCUT2D eigenvalue weighted by Gasteiger charge is 2.27. The first-order valence-electron chi connectivity index (χ1n) is 12.6. The quantitative estimate of drug-likeness (QED) is 0.232. The van der Waals surface area contributed by atoms with E-state index in [2.05, 4.69) is 5.32 Å². The number of nitrogens with zero attached hydrogens (tertiary/aromatic N) is 2. The molecule has 1 aliphatic rings. The summed E-state index contributed by atoms with van der Waals surface area (Å²) in [7, 11) is 0. The normalized spacial score (nSPS) is 16.2. The molecule has 1 saturated carbocycles. The molecule has 0 atom stereocenters. The van der Waals surface area contributed by atoms with E-state index < -0.39 is 30.9 Å². The molecule has 0 heterocycles. The van der Waals surface area contributed by atoms with E-state index in [-0.39, 0.29) is 41.5 Å². The monoisotopic (exact) mass is 551 g/mol. The van der Waals surface area contributed by atoms with Gasteiger partial charge >= 0.3 is 11.9 Å². The summed E-state index contributed by atoms with van der Waals surface area (Å²) in [5.41, 5.74) is 1.09. The fraction of sp³-hybridized carbons (Fsp3) is 0.357. The molecular formula is C28H29N3O9. The van der Waals surface area contributed by atoms with E-state index in [1.54, 1.807) is 24.3 Å². The van der Waals surface area contributed by atoms with Crippen LogP contribution in [0.5, 0.6) is 11.5 Å². The Bertz CT molecular complexity index is 1280. The number of hydrogen-bond acceptors (Lipinski definition) is 8. The second-order valence-corrected chi connectivity index (χ2v) is 9.30. The van der Waals surface area contributed by atoms with Gasteiger partial charge in [-0.1, -0.05) is 0 Å². The van der Waals surface area contributed by atoms with Crippen LogP contribution in [-0.4, -0.2) is 77.5 Å². The van der Waals surface area contributed by atoms with Crippen LogP contribution in [0.1, 0.15) is 52.0 Å². The van der Waals surface area contributed by atoms with Gasteiger partial charge in [0, 0.05) is 23.7 Å². The molecule has 1 fully saturated rings. The zero-order valence-electron chi connectivity index (χ0n) is 21.6. The number of carbonyl (C=O) groups excluding carboxylic acids is 3. The number of ketones is 1. The molecule has 0 bridgehead atoms. The summed E-state index contributed by atoms with van der Waals surface area (Å²) in [6.45, 7) is -1.14. The lowest BCUT2D eigenvalue weighted by molar-refractivity contribution is -0.140. The van der Waals surface area contributed by atoms with Crippen molar-refractivity contribution in [3.8, 4) is 17.6 Å². The third-order valence-corrected chi connectivity index (χ3v) is 6.54. The Hall–Kier alpha value is -4.92. The van der Waals surface area contributed by atoms with Gasteiger partial charge in [0.25, 0.3) is 5.91 Å². The summed E-state index contributed by atoms with van der Waals surface area (Å²) in [6.07, 6.45) is 3.43. The van der Waals surface area contributed by atoms with E-state index in [4.69, 9.17) is 24.9 Å². The fourth-order valence-corrected chi connectivity index (χ4v) is 4.42. The van der Waals surface area contributed by atoms with E-state index in [1.165, 1.54) is 23.1 Å². The molecule has 210 valence electrons. The van der Waals surface area contributed by atoms with Crippen LogP contribution < -0.4 is 14.8 Å². The summed E-state index contributed by atoms with van der Waals surface area (Å²) in [5, 5.41) is 29.5. The Labute approximate surface area is 230 Å². The molecule has 1 aliphatic carbocycles. The number of nitrogens with one attached hydrogen (secondary N) is 1. The van der Waals surface area contributed by atoms with Gasteiger partial charge in [0.1, 0.15) is 0 Å². The minimum atomic E-state index is -1.27. The maximum atomic E-state index is 13.0. The summed E-state index contributed by atoms with van der Waals surface area (Å²) in [6, 6.07) is 12.2. The fourth-order valence-electron chi connectivity index (χ4n) is 4.42. The molecule has 3 rings (SSSR count). The molecule has 3 N–H and O–H groups in total. The van der Waals surface area contributed by atoms with Gasteiger partial charge in [-0.25, -0.2) is 9.59 Å². The minimum Gasteiger partial charge on any atom is -0.479 e. The number of carboxylic acid groups (broad SMARTS) is 2. The highest BCUT2D eigenvalue weighted by molar-refractivity contribution is 5.99. The van der Waals surface area contributed by atoms with Gasteiger partial charge in [0.05, 0.1) is 18.2 Å². The second-order valence-electron chi connectivity index (χ2n) is 9.30. The average Bonchev–Trinajstić information content (AvgIpc) is 2.96. The van der Waals surface area contributed by atoms with Crippen molar-refractivity contribution in [3.63, 3.8) is 0 Å². The van der Waals surface area contributed by atoms with Gasteiger partial charge in [-0.05, 0) is 74.1 Å². The van der Waals surface area contributed by atoms with Crippen LogP contribution >= 0.6 is 0 Å². The van der Waals surface area contributed by atoms with Crippen molar-refractivity contribution in [2.75, 3.05) is 26.3 Å². The molecule has 0 spiro atoms.